The van der Waals surface area contributed by atoms with Crippen LogP contribution in [0.3, 0.4) is 0 Å². The molecule has 0 radical (unpaired) electrons. The van der Waals surface area contributed by atoms with Crippen molar-refractivity contribution >= 4 is 5.97 Å². The van der Waals surface area contributed by atoms with Crippen LogP contribution in [-0.4, -0.2) is 36.1 Å². The van der Waals surface area contributed by atoms with Gasteiger partial charge >= 0.3 is 5.97 Å². The number of carbonyl (C=O) groups is 1. The maximum atomic E-state index is 10.6. The Bertz CT molecular complexity index is 182. The van der Waals surface area contributed by atoms with Crippen molar-refractivity contribution in [3.05, 3.63) is 0 Å². The van der Waals surface area contributed by atoms with Crippen molar-refractivity contribution in [2.75, 3.05) is 20.1 Å². The van der Waals surface area contributed by atoms with E-state index in [0.29, 0.717) is 0 Å². The first-order valence-electron chi connectivity index (χ1n) is 5.01. The molecule has 0 amide bonds. The van der Waals surface area contributed by atoms with Gasteiger partial charge < -0.3 is 10.0 Å². The summed E-state index contributed by atoms with van der Waals surface area (Å²) in [6.07, 6.45) is 3.13. The molecule has 2 unspecified atom stereocenters. The molecule has 0 saturated carbocycles. The molecule has 0 aromatic rings. The van der Waals surface area contributed by atoms with Crippen LogP contribution in [0, 0.1) is 11.8 Å². The molecule has 0 aromatic carbocycles. The SMILES string of the molecule is CC(CCC1CCN(C)C1)C(=O)O. The van der Waals surface area contributed by atoms with Gasteiger partial charge in [-0.05, 0) is 38.8 Å². The van der Waals surface area contributed by atoms with Gasteiger partial charge in [0.25, 0.3) is 0 Å². The highest BCUT2D eigenvalue weighted by Gasteiger charge is 2.21. The molecular formula is C10H19NO2. The van der Waals surface area contributed by atoms with Crippen molar-refractivity contribution in [2.24, 2.45) is 11.8 Å². The van der Waals surface area contributed by atoms with E-state index in [-0.39, 0.29) is 5.92 Å². The Morgan fingerprint density at radius 3 is 2.85 bits per heavy atom. The second-order valence-electron chi connectivity index (χ2n) is 4.23. The maximum absolute atomic E-state index is 10.6. The first kappa shape index (κ1) is 10.5. The molecule has 1 saturated heterocycles. The van der Waals surface area contributed by atoms with Crippen LogP contribution >= 0.6 is 0 Å². The van der Waals surface area contributed by atoms with E-state index in [4.69, 9.17) is 5.11 Å². The second kappa shape index (κ2) is 4.61. The van der Waals surface area contributed by atoms with E-state index in [1.165, 1.54) is 13.0 Å². The minimum Gasteiger partial charge on any atom is -0.481 e. The van der Waals surface area contributed by atoms with Crippen LogP contribution in [0.4, 0.5) is 0 Å². The van der Waals surface area contributed by atoms with Crippen LogP contribution in [0.2, 0.25) is 0 Å². The Hall–Kier alpha value is -0.570. The molecule has 1 aliphatic rings. The molecule has 1 N–H and O–H groups in total. The highest BCUT2D eigenvalue weighted by molar-refractivity contribution is 5.69. The summed E-state index contributed by atoms with van der Waals surface area (Å²) in [5.41, 5.74) is 0. The zero-order chi connectivity index (χ0) is 9.84. The van der Waals surface area contributed by atoms with Crippen LogP contribution in [-0.2, 0) is 4.79 Å². The molecule has 0 spiro atoms. The van der Waals surface area contributed by atoms with E-state index in [2.05, 4.69) is 11.9 Å². The lowest BCUT2D eigenvalue weighted by atomic mass is 9.96. The van der Waals surface area contributed by atoms with Gasteiger partial charge in [0.2, 0.25) is 0 Å². The summed E-state index contributed by atoms with van der Waals surface area (Å²) in [6, 6.07) is 0. The first-order valence-corrected chi connectivity index (χ1v) is 5.01. The summed E-state index contributed by atoms with van der Waals surface area (Å²) in [7, 11) is 2.13. The Balaban J connectivity index is 2.16. The van der Waals surface area contributed by atoms with Gasteiger partial charge in [0, 0.05) is 6.54 Å². The first-order chi connectivity index (χ1) is 6.09. The Morgan fingerprint density at radius 2 is 2.38 bits per heavy atom. The highest BCUT2D eigenvalue weighted by atomic mass is 16.4. The summed E-state index contributed by atoms with van der Waals surface area (Å²) < 4.78 is 0. The topological polar surface area (TPSA) is 40.5 Å². The Kier molecular flexibility index (Phi) is 3.72. The average molecular weight is 185 g/mol. The van der Waals surface area contributed by atoms with E-state index < -0.39 is 5.97 Å². The fraction of sp³-hybridized carbons (Fsp3) is 0.900. The van der Waals surface area contributed by atoms with Gasteiger partial charge in [-0.25, -0.2) is 0 Å². The molecule has 1 aliphatic heterocycles. The molecule has 0 bridgehead atoms. The van der Waals surface area contributed by atoms with E-state index in [9.17, 15) is 4.79 Å². The number of aliphatic carboxylic acids is 1. The van der Waals surface area contributed by atoms with Crippen LogP contribution in [0.5, 0.6) is 0 Å². The average Bonchev–Trinajstić information content (AvgIpc) is 2.47. The summed E-state index contributed by atoms with van der Waals surface area (Å²) in [6.45, 7) is 4.11. The minimum absolute atomic E-state index is 0.175. The fourth-order valence-electron chi connectivity index (χ4n) is 1.87. The Morgan fingerprint density at radius 1 is 1.69 bits per heavy atom. The van der Waals surface area contributed by atoms with Crippen LogP contribution in [0.15, 0.2) is 0 Å². The van der Waals surface area contributed by atoms with Gasteiger partial charge in [-0.2, -0.15) is 0 Å². The third-order valence-electron chi connectivity index (χ3n) is 2.92. The second-order valence-corrected chi connectivity index (χ2v) is 4.23. The number of hydrogen-bond donors (Lipinski definition) is 1. The monoisotopic (exact) mass is 185 g/mol. The van der Waals surface area contributed by atoms with Gasteiger partial charge in [-0.3, -0.25) is 4.79 Å². The van der Waals surface area contributed by atoms with Crippen molar-refractivity contribution < 1.29 is 9.90 Å². The molecule has 2 atom stereocenters. The molecule has 1 rings (SSSR count). The van der Waals surface area contributed by atoms with E-state index >= 15 is 0 Å². The third-order valence-corrected chi connectivity index (χ3v) is 2.92. The molecule has 3 heteroatoms. The fourth-order valence-corrected chi connectivity index (χ4v) is 1.87. The number of carboxylic acid groups (broad SMARTS) is 1. The van der Waals surface area contributed by atoms with Gasteiger partial charge in [0.15, 0.2) is 0 Å². The predicted octanol–water partition coefficient (Wildman–Crippen LogP) is 1.44. The molecule has 76 valence electrons. The van der Waals surface area contributed by atoms with Gasteiger partial charge in [-0.15, -0.1) is 0 Å². The summed E-state index contributed by atoms with van der Waals surface area (Å²) in [5.74, 6) is -0.107. The largest absolute Gasteiger partial charge is 0.481 e. The maximum Gasteiger partial charge on any atom is 0.306 e. The van der Waals surface area contributed by atoms with Crippen LogP contribution in [0.25, 0.3) is 0 Å². The van der Waals surface area contributed by atoms with Gasteiger partial charge in [0.1, 0.15) is 0 Å². The number of nitrogens with zero attached hydrogens (tertiary/aromatic N) is 1. The Labute approximate surface area is 79.7 Å². The van der Waals surface area contributed by atoms with Crippen molar-refractivity contribution in [1.29, 1.82) is 0 Å². The number of carboxylic acids is 1. The van der Waals surface area contributed by atoms with E-state index in [0.717, 1.165) is 25.3 Å². The van der Waals surface area contributed by atoms with E-state index in [1.807, 2.05) is 0 Å². The van der Waals surface area contributed by atoms with Gasteiger partial charge in [0.05, 0.1) is 5.92 Å². The molecule has 1 heterocycles. The number of hydrogen-bond acceptors (Lipinski definition) is 2. The number of rotatable bonds is 4. The standard InChI is InChI=1S/C10H19NO2/c1-8(10(12)13)3-4-9-5-6-11(2)7-9/h8-9H,3-7H2,1-2H3,(H,12,13). The zero-order valence-corrected chi connectivity index (χ0v) is 8.49. The lowest BCUT2D eigenvalue weighted by molar-refractivity contribution is -0.141. The van der Waals surface area contributed by atoms with Gasteiger partial charge in [-0.1, -0.05) is 6.92 Å². The summed E-state index contributed by atoms with van der Waals surface area (Å²) in [4.78, 5) is 12.9. The molecule has 1 fully saturated rings. The predicted molar refractivity (Wildman–Crippen MR) is 51.6 cm³/mol. The lowest BCUT2D eigenvalue weighted by Gasteiger charge is -2.11. The minimum atomic E-state index is -0.661. The normalized spacial score (nSPS) is 26.2. The highest BCUT2D eigenvalue weighted by Crippen LogP contribution is 2.21. The molecule has 0 aromatic heterocycles. The summed E-state index contributed by atoms with van der Waals surface area (Å²) >= 11 is 0. The zero-order valence-electron chi connectivity index (χ0n) is 8.49. The summed E-state index contributed by atoms with van der Waals surface area (Å²) in [5, 5.41) is 8.70. The van der Waals surface area contributed by atoms with E-state index in [1.54, 1.807) is 6.92 Å². The molecular weight excluding hydrogens is 166 g/mol. The van der Waals surface area contributed by atoms with Crippen molar-refractivity contribution in [3.8, 4) is 0 Å². The lowest BCUT2D eigenvalue weighted by Crippen LogP contribution is -2.15. The quantitative estimate of drug-likeness (QED) is 0.720. The van der Waals surface area contributed by atoms with Crippen LogP contribution < -0.4 is 0 Å². The molecule has 3 nitrogen and oxygen atoms in total. The number of likely N-dealkylation sites (tertiary alicyclic amines) is 1. The third kappa shape index (κ3) is 3.35. The van der Waals surface area contributed by atoms with Crippen molar-refractivity contribution in [2.45, 2.75) is 26.2 Å². The smallest absolute Gasteiger partial charge is 0.306 e. The van der Waals surface area contributed by atoms with Crippen molar-refractivity contribution in [1.82, 2.24) is 4.90 Å². The van der Waals surface area contributed by atoms with Crippen molar-refractivity contribution in [3.63, 3.8) is 0 Å². The molecule has 0 aliphatic carbocycles. The van der Waals surface area contributed by atoms with Crippen LogP contribution in [0.1, 0.15) is 26.2 Å². The molecule has 13 heavy (non-hydrogen) atoms.